The molecule has 1 aromatic rings. The first kappa shape index (κ1) is 15.9. The van der Waals surface area contributed by atoms with E-state index in [1.165, 1.54) is 9.80 Å². The van der Waals surface area contributed by atoms with Crippen LogP contribution in [0.2, 0.25) is 0 Å². The maximum Gasteiger partial charge on any atom is 0.326 e. The molecule has 2 amide bonds. The SMILES string of the molecule is O=C(O)C1C2CCCC2CN1C(=O)CN1C(=O)COc2ccccc21. The number of rotatable bonds is 3. The third-order valence-corrected chi connectivity index (χ3v) is 5.57. The Morgan fingerprint density at radius 1 is 1.24 bits per heavy atom. The Hall–Kier alpha value is -2.57. The summed E-state index contributed by atoms with van der Waals surface area (Å²) in [5, 5.41) is 9.60. The molecule has 1 saturated carbocycles. The van der Waals surface area contributed by atoms with Crippen LogP contribution in [0.4, 0.5) is 5.69 Å². The largest absolute Gasteiger partial charge is 0.482 e. The molecular weight excluding hydrogens is 324 g/mol. The average Bonchev–Trinajstić information content (AvgIpc) is 3.17. The second kappa shape index (κ2) is 6.06. The summed E-state index contributed by atoms with van der Waals surface area (Å²) in [6.07, 6.45) is 2.85. The van der Waals surface area contributed by atoms with Crippen molar-refractivity contribution in [2.75, 3.05) is 24.6 Å². The fraction of sp³-hybridized carbons (Fsp3) is 0.500. The third-order valence-electron chi connectivity index (χ3n) is 5.57. The van der Waals surface area contributed by atoms with E-state index in [4.69, 9.17) is 4.74 Å². The van der Waals surface area contributed by atoms with Crippen LogP contribution in [0.15, 0.2) is 24.3 Å². The summed E-state index contributed by atoms with van der Waals surface area (Å²) >= 11 is 0. The topological polar surface area (TPSA) is 87.2 Å². The quantitative estimate of drug-likeness (QED) is 0.888. The number of ether oxygens (including phenoxy) is 1. The molecule has 2 fully saturated rings. The molecule has 25 heavy (non-hydrogen) atoms. The monoisotopic (exact) mass is 344 g/mol. The molecule has 1 saturated heterocycles. The van der Waals surface area contributed by atoms with Crippen molar-refractivity contribution >= 4 is 23.5 Å². The summed E-state index contributed by atoms with van der Waals surface area (Å²) in [5.74, 6) is -0.698. The number of nitrogens with zero attached hydrogens (tertiary/aromatic N) is 2. The van der Waals surface area contributed by atoms with Crippen LogP contribution in [0.25, 0.3) is 0 Å². The number of hydrogen-bond donors (Lipinski definition) is 1. The van der Waals surface area contributed by atoms with E-state index >= 15 is 0 Å². The van der Waals surface area contributed by atoms with Crippen LogP contribution < -0.4 is 9.64 Å². The third kappa shape index (κ3) is 2.63. The Labute approximate surface area is 145 Å². The molecule has 7 heteroatoms. The highest BCUT2D eigenvalue weighted by molar-refractivity contribution is 6.02. The van der Waals surface area contributed by atoms with Crippen molar-refractivity contribution in [3.63, 3.8) is 0 Å². The van der Waals surface area contributed by atoms with Crippen molar-refractivity contribution in [2.24, 2.45) is 11.8 Å². The van der Waals surface area contributed by atoms with Gasteiger partial charge in [-0.3, -0.25) is 14.5 Å². The van der Waals surface area contributed by atoms with Gasteiger partial charge in [-0.25, -0.2) is 4.79 Å². The molecule has 0 radical (unpaired) electrons. The van der Waals surface area contributed by atoms with Crippen molar-refractivity contribution in [2.45, 2.75) is 25.3 Å². The Bertz CT molecular complexity index is 734. The van der Waals surface area contributed by atoms with E-state index in [2.05, 4.69) is 0 Å². The van der Waals surface area contributed by atoms with E-state index in [0.717, 1.165) is 19.3 Å². The molecule has 3 aliphatic rings. The second-order valence-corrected chi connectivity index (χ2v) is 6.92. The highest BCUT2D eigenvalue weighted by Crippen LogP contribution is 2.42. The number of carbonyl (C=O) groups is 3. The minimum absolute atomic E-state index is 0.0362. The van der Waals surface area contributed by atoms with Gasteiger partial charge in [0.15, 0.2) is 6.61 Å². The Morgan fingerprint density at radius 2 is 2.04 bits per heavy atom. The molecule has 132 valence electrons. The molecule has 7 nitrogen and oxygen atoms in total. The van der Waals surface area contributed by atoms with Crippen LogP contribution in [0, 0.1) is 11.8 Å². The minimum Gasteiger partial charge on any atom is -0.482 e. The Morgan fingerprint density at radius 3 is 2.84 bits per heavy atom. The van der Waals surface area contributed by atoms with E-state index in [-0.39, 0.29) is 36.8 Å². The van der Waals surface area contributed by atoms with Crippen molar-refractivity contribution in [3.8, 4) is 5.75 Å². The minimum atomic E-state index is -0.948. The summed E-state index contributed by atoms with van der Waals surface area (Å²) < 4.78 is 5.38. The second-order valence-electron chi connectivity index (χ2n) is 6.92. The van der Waals surface area contributed by atoms with E-state index in [0.29, 0.717) is 18.0 Å². The van der Waals surface area contributed by atoms with Gasteiger partial charge in [0.25, 0.3) is 5.91 Å². The van der Waals surface area contributed by atoms with E-state index in [1.807, 2.05) is 0 Å². The maximum atomic E-state index is 12.8. The van der Waals surface area contributed by atoms with E-state index in [9.17, 15) is 19.5 Å². The summed E-state index contributed by atoms with van der Waals surface area (Å²) in [5.41, 5.74) is 0.554. The summed E-state index contributed by atoms with van der Waals surface area (Å²) in [6, 6.07) is 6.29. The number of amides is 2. The van der Waals surface area contributed by atoms with E-state index < -0.39 is 12.0 Å². The number of carbonyl (C=O) groups excluding carboxylic acids is 2. The van der Waals surface area contributed by atoms with Crippen LogP contribution in [0.5, 0.6) is 5.75 Å². The molecule has 1 aromatic carbocycles. The highest BCUT2D eigenvalue weighted by atomic mass is 16.5. The van der Waals surface area contributed by atoms with Gasteiger partial charge in [0.1, 0.15) is 18.3 Å². The number of fused-ring (bicyclic) bond motifs is 2. The number of aliphatic carboxylic acids is 1. The molecule has 3 atom stereocenters. The zero-order chi connectivity index (χ0) is 17.6. The van der Waals surface area contributed by atoms with Gasteiger partial charge in [-0.1, -0.05) is 18.6 Å². The molecule has 1 N–H and O–H groups in total. The van der Waals surface area contributed by atoms with E-state index in [1.54, 1.807) is 24.3 Å². The number of carboxylic acids is 1. The first-order chi connectivity index (χ1) is 12.1. The van der Waals surface area contributed by atoms with Crippen LogP contribution >= 0.6 is 0 Å². The van der Waals surface area contributed by atoms with Crippen LogP contribution in [-0.2, 0) is 14.4 Å². The molecule has 0 aromatic heterocycles. The van der Waals surface area contributed by atoms with Crippen LogP contribution in [0.3, 0.4) is 0 Å². The fourth-order valence-electron chi connectivity index (χ4n) is 4.43. The first-order valence-corrected chi connectivity index (χ1v) is 8.60. The number of para-hydroxylation sites is 2. The van der Waals surface area contributed by atoms with Crippen molar-refractivity contribution in [3.05, 3.63) is 24.3 Å². The maximum absolute atomic E-state index is 12.8. The fourth-order valence-corrected chi connectivity index (χ4v) is 4.43. The van der Waals surface area contributed by atoms with Gasteiger partial charge in [-0.2, -0.15) is 0 Å². The molecule has 2 heterocycles. The molecule has 1 aliphatic carbocycles. The van der Waals surface area contributed by atoms with Gasteiger partial charge >= 0.3 is 5.97 Å². The van der Waals surface area contributed by atoms with Crippen molar-refractivity contribution < 1.29 is 24.2 Å². The zero-order valence-electron chi connectivity index (χ0n) is 13.8. The number of carboxylic acid groups (broad SMARTS) is 1. The number of anilines is 1. The lowest BCUT2D eigenvalue weighted by molar-refractivity contribution is -0.149. The predicted molar refractivity (Wildman–Crippen MR) is 88.3 cm³/mol. The van der Waals surface area contributed by atoms with Crippen LogP contribution in [-0.4, -0.2) is 53.5 Å². The Balaban J connectivity index is 1.56. The molecule has 0 spiro atoms. The summed E-state index contributed by atoms with van der Waals surface area (Å²) in [6.45, 7) is 0.209. The van der Waals surface area contributed by atoms with Crippen LogP contribution in [0.1, 0.15) is 19.3 Å². The van der Waals surface area contributed by atoms with Gasteiger partial charge in [0.2, 0.25) is 5.91 Å². The molecule has 4 rings (SSSR count). The lowest BCUT2D eigenvalue weighted by Gasteiger charge is -2.31. The average molecular weight is 344 g/mol. The summed E-state index contributed by atoms with van der Waals surface area (Å²) in [7, 11) is 0. The number of likely N-dealkylation sites (tertiary alicyclic amines) is 1. The summed E-state index contributed by atoms with van der Waals surface area (Å²) in [4.78, 5) is 39.7. The van der Waals surface area contributed by atoms with Crippen molar-refractivity contribution in [1.29, 1.82) is 0 Å². The molecule has 2 aliphatic heterocycles. The lowest BCUT2D eigenvalue weighted by atomic mass is 9.94. The smallest absolute Gasteiger partial charge is 0.326 e. The number of benzene rings is 1. The van der Waals surface area contributed by atoms with Gasteiger partial charge < -0.3 is 14.7 Å². The first-order valence-electron chi connectivity index (χ1n) is 8.60. The predicted octanol–water partition coefficient (Wildman–Crippen LogP) is 1.12. The van der Waals surface area contributed by atoms with Crippen molar-refractivity contribution in [1.82, 2.24) is 4.90 Å². The molecule has 3 unspecified atom stereocenters. The van der Waals surface area contributed by atoms with Gasteiger partial charge in [-0.05, 0) is 36.8 Å². The highest BCUT2D eigenvalue weighted by Gasteiger charge is 2.49. The van der Waals surface area contributed by atoms with Gasteiger partial charge in [-0.15, -0.1) is 0 Å². The van der Waals surface area contributed by atoms with Gasteiger partial charge in [0, 0.05) is 6.54 Å². The normalized spacial score (nSPS) is 27.7. The standard InChI is InChI=1S/C18H20N2O5/c21-15(20-8-11-4-3-5-12(11)17(20)18(23)24)9-19-13-6-1-2-7-14(13)25-10-16(19)22/h1-2,6-7,11-12,17H,3-5,8-10H2,(H,23,24). The Kier molecular flexibility index (Phi) is 3.86. The number of hydrogen-bond acceptors (Lipinski definition) is 4. The zero-order valence-corrected chi connectivity index (χ0v) is 13.8. The lowest BCUT2D eigenvalue weighted by Crippen LogP contribution is -2.50. The molecular formula is C18H20N2O5. The molecule has 0 bridgehead atoms. The van der Waals surface area contributed by atoms with Gasteiger partial charge in [0.05, 0.1) is 5.69 Å².